The average Bonchev–Trinajstić information content (AvgIpc) is 2.92. The van der Waals surface area contributed by atoms with Crippen molar-refractivity contribution in [3.8, 4) is 0 Å². The van der Waals surface area contributed by atoms with Crippen molar-refractivity contribution >= 4 is 5.82 Å². The Morgan fingerprint density at radius 1 is 1.25 bits per heavy atom. The van der Waals surface area contributed by atoms with Crippen LogP contribution in [0.25, 0.3) is 0 Å². The van der Waals surface area contributed by atoms with Crippen LogP contribution < -0.4 is 10.2 Å². The molecule has 2 atom stereocenters. The summed E-state index contributed by atoms with van der Waals surface area (Å²) in [5, 5.41) is 3.42. The number of hydrogen-bond acceptors (Lipinski definition) is 3. The van der Waals surface area contributed by atoms with Crippen LogP contribution in [-0.4, -0.2) is 24.1 Å². The van der Waals surface area contributed by atoms with Crippen molar-refractivity contribution in [3.05, 3.63) is 23.4 Å². The largest absolute Gasteiger partial charge is 0.353 e. The SMILES string of the molecule is CCNCc1cc(C)nc(N2CCCC3CCCC32)c1. The van der Waals surface area contributed by atoms with Crippen LogP contribution in [-0.2, 0) is 6.54 Å². The van der Waals surface area contributed by atoms with Gasteiger partial charge in [-0.2, -0.15) is 0 Å². The summed E-state index contributed by atoms with van der Waals surface area (Å²) in [5.74, 6) is 2.14. The molecule has 0 aromatic carbocycles. The molecule has 0 bridgehead atoms. The maximum Gasteiger partial charge on any atom is 0.129 e. The fourth-order valence-corrected chi connectivity index (χ4v) is 3.98. The first-order chi connectivity index (χ1) is 9.78. The van der Waals surface area contributed by atoms with Gasteiger partial charge in [-0.3, -0.25) is 0 Å². The lowest BCUT2D eigenvalue weighted by molar-refractivity contribution is 0.360. The Bertz CT molecular complexity index is 458. The van der Waals surface area contributed by atoms with Crippen LogP contribution in [0, 0.1) is 12.8 Å². The van der Waals surface area contributed by atoms with Gasteiger partial charge in [-0.25, -0.2) is 4.98 Å². The molecule has 110 valence electrons. The lowest BCUT2D eigenvalue weighted by Crippen LogP contribution is -2.43. The van der Waals surface area contributed by atoms with Crippen LogP contribution >= 0.6 is 0 Å². The maximum absolute atomic E-state index is 4.82. The highest BCUT2D eigenvalue weighted by molar-refractivity contribution is 5.45. The van der Waals surface area contributed by atoms with Crippen LogP contribution in [0.1, 0.15) is 50.3 Å². The molecule has 2 heterocycles. The quantitative estimate of drug-likeness (QED) is 0.912. The highest BCUT2D eigenvalue weighted by Crippen LogP contribution is 2.38. The highest BCUT2D eigenvalue weighted by Gasteiger charge is 2.35. The van der Waals surface area contributed by atoms with E-state index >= 15 is 0 Å². The summed E-state index contributed by atoms with van der Waals surface area (Å²) >= 11 is 0. The minimum absolute atomic E-state index is 0.755. The fourth-order valence-electron chi connectivity index (χ4n) is 3.98. The van der Waals surface area contributed by atoms with E-state index in [2.05, 4.69) is 36.2 Å². The van der Waals surface area contributed by atoms with E-state index in [-0.39, 0.29) is 0 Å². The Hall–Kier alpha value is -1.09. The number of pyridine rings is 1. The van der Waals surface area contributed by atoms with Crippen LogP contribution in [0.5, 0.6) is 0 Å². The molecule has 0 radical (unpaired) electrons. The first kappa shape index (κ1) is 13.9. The van der Waals surface area contributed by atoms with E-state index in [4.69, 9.17) is 4.98 Å². The van der Waals surface area contributed by atoms with E-state index in [1.54, 1.807) is 0 Å². The molecule has 0 spiro atoms. The van der Waals surface area contributed by atoms with Crippen molar-refractivity contribution < 1.29 is 0 Å². The lowest BCUT2D eigenvalue weighted by atomic mass is 9.92. The molecule has 1 aliphatic carbocycles. The van der Waals surface area contributed by atoms with Gasteiger partial charge in [0.05, 0.1) is 0 Å². The van der Waals surface area contributed by atoms with Crippen molar-refractivity contribution in [2.75, 3.05) is 18.0 Å². The van der Waals surface area contributed by atoms with Crippen molar-refractivity contribution in [3.63, 3.8) is 0 Å². The number of aromatic nitrogens is 1. The molecule has 2 unspecified atom stereocenters. The molecular weight excluding hydrogens is 246 g/mol. The summed E-state index contributed by atoms with van der Waals surface area (Å²) in [7, 11) is 0. The number of anilines is 1. The molecule has 0 amide bonds. The zero-order chi connectivity index (χ0) is 13.9. The van der Waals surface area contributed by atoms with Crippen LogP contribution in [0.4, 0.5) is 5.82 Å². The Balaban J connectivity index is 1.82. The molecule has 3 rings (SSSR count). The molecule has 1 aromatic rings. The molecule has 1 aliphatic heterocycles. The number of aryl methyl sites for hydroxylation is 1. The van der Waals surface area contributed by atoms with E-state index in [9.17, 15) is 0 Å². The highest BCUT2D eigenvalue weighted by atomic mass is 15.2. The molecule has 3 nitrogen and oxygen atoms in total. The van der Waals surface area contributed by atoms with E-state index in [0.717, 1.165) is 30.7 Å². The van der Waals surface area contributed by atoms with E-state index in [0.29, 0.717) is 0 Å². The lowest BCUT2D eigenvalue weighted by Gasteiger charge is -2.39. The molecule has 3 heteroatoms. The predicted octanol–water partition coefficient (Wildman–Crippen LogP) is 3.27. The van der Waals surface area contributed by atoms with E-state index in [1.165, 1.54) is 50.0 Å². The zero-order valence-electron chi connectivity index (χ0n) is 12.9. The summed E-state index contributed by atoms with van der Waals surface area (Å²) in [6.45, 7) is 7.44. The Morgan fingerprint density at radius 2 is 2.10 bits per heavy atom. The Labute approximate surface area is 122 Å². The van der Waals surface area contributed by atoms with Gasteiger partial charge >= 0.3 is 0 Å². The van der Waals surface area contributed by atoms with Gasteiger partial charge in [0.15, 0.2) is 0 Å². The van der Waals surface area contributed by atoms with E-state index in [1.807, 2.05) is 0 Å². The van der Waals surface area contributed by atoms with Gasteiger partial charge in [0.2, 0.25) is 0 Å². The third kappa shape index (κ3) is 2.83. The second-order valence-electron chi connectivity index (χ2n) is 6.35. The van der Waals surface area contributed by atoms with Crippen LogP contribution in [0.2, 0.25) is 0 Å². The van der Waals surface area contributed by atoms with Gasteiger partial charge in [-0.1, -0.05) is 13.3 Å². The summed E-state index contributed by atoms with van der Waals surface area (Å²) in [4.78, 5) is 7.42. The Morgan fingerprint density at radius 3 is 2.95 bits per heavy atom. The topological polar surface area (TPSA) is 28.2 Å². The number of rotatable bonds is 4. The van der Waals surface area contributed by atoms with Crippen molar-refractivity contribution in [1.29, 1.82) is 0 Å². The van der Waals surface area contributed by atoms with Gasteiger partial charge in [-0.05, 0) is 62.8 Å². The average molecular weight is 273 g/mol. The smallest absolute Gasteiger partial charge is 0.129 e. The van der Waals surface area contributed by atoms with Gasteiger partial charge in [-0.15, -0.1) is 0 Å². The maximum atomic E-state index is 4.82. The van der Waals surface area contributed by atoms with E-state index < -0.39 is 0 Å². The minimum atomic E-state index is 0.755. The summed E-state index contributed by atoms with van der Waals surface area (Å²) in [5.41, 5.74) is 2.52. The van der Waals surface area contributed by atoms with Gasteiger partial charge < -0.3 is 10.2 Å². The summed E-state index contributed by atoms with van der Waals surface area (Å²) < 4.78 is 0. The first-order valence-corrected chi connectivity index (χ1v) is 8.23. The second kappa shape index (κ2) is 6.13. The Kier molecular flexibility index (Phi) is 4.25. The molecule has 1 N–H and O–H groups in total. The fraction of sp³-hybridized carbons (Fsp3) is 0.706. The van der Waals surface area contributed by atoms with Gasteiger partial charge in [0.1, 0.15) is 5.82 Å². The molecular formula is C17H27N3. The predicted molar refractivity (Wildman–Crippen MR) is 84.1 cm³/mol. The van der Waals surface area contributed by atoms with Gasteiger partial charge in [0, 0.05) is 24.8 Å². The van der Waals surface area contributed by atoms with Gasteiger partial charge in [0.25, 0.3) is 0 Å². The number of piperidine rings is 1. The number of nitrogens with zero attached hydrogens (tertiary/aromatic N) is 2. The molecule has 20 heavy (non-hydrogen) atoms. The molecule has 1 aromatic heterocycles. The summed E-state index contributed by atoms with van der Waals surface area (Å²) in [6, 6.07) is 5.27. The summed E-state index contributed by atoms with van der Waals surface area (Å²) in [6.07, 6.45) is 6.96. The molecule has 2 fully saturated rings. The number of nitrogens with one attached hydrogen (secondary N) is 1. The molecule has 1 saturated carbocycles. The third-order valence-corrected chi connectivity index (χ3v) is 4.87. The van der Waals surface area contributed by atoms with Crippen LogP contribution in [0.3, 0.4) is 0 Å². The van der Waals surface area contributed by atoms with Crippen molar-refractivity contribution in [2.45, 2.75) is 58.5 Å². The second-order valence-corrected chi connectivity index (χ2v) is 6.35. The zero-order valence-corrected chi connectivity index (χ0v) is 12.9. The molecule has 2 aliphatic rings. The number of fused-ring (bicyclic) bond motifs is 1. The standard InChI is InChI=1S/C17H27N3/c1-3-18-12-14-10-13(2)19-17(11-14)20-9-5-7-15-6-4-8-16(15)20/h10-11,15-16,18H,3-9,12H2,1-2H3. The van der Waals surface area contributed by atoms with Crippen LogP contribution in [0.15, 0.2) is 12.1 Å². The van der Waals surface area contributed by atoms with Crippen molar-refractivity contribution in [2.24, 2.45) is 5.92 Å². The minimum Gasteiger partial charge on any atom is -0.353 e. The monoisotopic (exact) mass is 273 g/mol. The third-order valence-electron chi connectivity index (χ3n) is 4.87. The molecule has 1 saturated heterocycles. The number of hydrogen-bond donors (Lipinski definition) is 1. The first-order valence-electron chi connectivity index (χ1n) is 8.23. The van der Waals surface area contributed by atoms with Crippen molar-refractivity contribution in [1.82, 2.24) is 10.3 Å². The normalized spacial score (nSPS) is 25.8.